The van der Waals surface area contributed by atoms with Gasteiger partial charge in [0.05, 0.1) is 0 Å². The summed E-state index contributed by atoms with van der Waals surface area (Å²) < 4.78 is 0. The fourth-order valence-electron chi connectivity index (χ4n) is 0.953. The van der Waals surface area contributed by atoms with Gasteiger partial charge < -0.3 is 4.90 Å². The third kappa shape index (κ3) is 1.84. The molecule has 1 rings (SSSR count). The van der Waals surface area contributed by atoms with Crippen molar-refractivity contribution in [2.75, 3.05) is 11.9 Å². The van der Waals surface area contributed by atoms with Gasteiger partial charge in [-0.1, -0.05) is 18.7 Å². The van der Waals surface area contributed by atoms with Crippen LogP contribution >= 0.6 is 0 Å². The molecular weight excluding hydrogens is 134 g/mol. The van der Waals surface area contributed by atoms with Crippen LogP contribution in [0.3, 0.4) is 0 Å². The van der Waals surface area contributed by atoms with E-state index in [1.54, 1.807) is 6.20 Å². The Hall–Kier alpha value is -1.24. The van der Waals surface area contributed by atoms with E-state index in [2.05, 4.69) is 31.7 Å². The van der Waals surface area contributed by atoms with Crippen LogP contribution in [-0.2, 0) is 0 Å². The van der Waals surface area contributed by atoms with Crippen LogP contribution in [0.25, 0.3) is 0 Å². The SMILES string of the molecule is C=CN(C)c1cccc(C)c1. The molecule has 0 amide bonds. The van der Waals surface area contributed by atoms with Crippen molar-refractivity contribution in [2.45, 2.75) is 6.92 Å². The standard InChI is InChI=1S/C10H13N/c1-4-11(3)10-7-5-6-9(2)8-10/h4-8H,1H2,2-3H3. The second-order valence-electron chi connectivity index (χ2n) is 2.63. The maximum atomic E-state index is 3.69. The van der Waals surface area contributed by atoms with Crippen molar-refractivity contribution >= 4 is 5.69 Å². The van der Waals surface area contributed by atoms with Crippen LogP contribution in [0.2, 0.25) is 0 Å². The van der Waals surface area contributed by atoms with E-state index in [0.29, 0.717) is 0 Å². The van der Waals surface area contributed by atoms with E-state index >= 15 is 0 Å². The van der Waals surface area contributed by atoms with E-state index < -0.39 is 0 Å². The lowest BCUT2D eigenvalue weighted by atomic mass is 10.2. The second kappa shape index (κ2) is 3.24. The number of rotatable bonds is 2. The van der Waals surface area contributed by atoms with Gasteiger partial charge in [0.25, 0.3) is 0 Å². The first kappa shape index (κ1) is 7.86. The third-order valence-corrected chi connectivity index (χ3v) is 1.68. The van der Waals surface area contributed by atoms with Gasteiger partial charge in [0.1, 0.15) is 0 Å². The molecule has 0 heterocycles. The van der Waals surface area contributed by atoms with Crippen molar-refractivity contribution in [1.29, 1.82) is 0 Å². The number of aryl methyl sites for hydroxylation is 1. The van der Waals surface area contributed by atoms with Crippen molar-refractivity contribution in [3.05, 3.63) is 42.6 Å². The fraction of sp³-hybridized carbons (Fsp3) is 0.200. The summed E-state index contributed by atoms with van der Waals surface area (Å²) >= 11 is 0. The predicted octanol–water partition coefficient (Wildman–Crippen LogP) is 2.57. The van der Waals surface area contributed by atoms with Gasteiger partial charge in [0.15, 0.2) is 0 Å². The Morgan fingerprint density at radius 3 is 2.73 bits per heavy atom. The number of benzene rings is 1. The average molecular weight is 147 g/mol. The Labute approximate surface area is 68.0 Å². The predicted molar refractivity (Wildman–Crippen MR) is 49.8 cm³/mol. The Morgan fingerprint density at radius 2 is 2.18 bits per heavy atom. The van der Waals surface area contributed by atoms with E-state index in [-0.39, 0.29) is 0 Å². The minimum absolute atomic E-state index is 1.18. The molecule has 0 unspecified atom stereocenters. The molecule has 0 spiro atoms. The molecule has 0 saturated carbocycles. The summed E-state index contributed by atoms with van der Waals surface area (Å²) in [6.07, 6.45) is 1.80. The molecule has 0 bridgehead atoms. The number of nitrogens with zero attached hydrogens (tertiary/aromatic N) is 1. The van der Waals surface area contributed by atoms with Gasteiger partial charge in [-0.25, -0.2) is 0 Å². The first-order valence-corrected chi connectivity index (χ1v) is 3.66. The molecule has 0 aromatic heterocycles. The number of hydrogen-bond acceptors (Lipinski definition) is 1. The van der Waals surface area contributed by atoms with Gasteiger partial charge in [-0.2, -0.15) is 0 Å². The lowest BCUT2D eigenvalue weighted by molar-refractivity contribution is 1.20. The van der Waals surface area contributed by atoms with Gasteiger partial charge >= 0.3 is 0 Å². The quantitative estimate of drug-likeness (QED) is 0.621. The smallest absolute Gasteiger partial charge is 0.0405 e. The normalized spacial score (nSPS) is 9.27. The summed E-state index contributed by atoms with van der Waals surface area (Å²) in [4.78, 5) is 1.99. The lowest BCUT2D eigenvalue weighted by Gasteiger charge is -2.13. The highest BCUT2D eigenvalue weighted by molar-refractivity contribution is 5.49. The van der Waals surface area contributed by atoms with Crippen molar-refractivity contribution < 1.29 is 0 Å². The highest BCUT2D eigenvalue weighted by Crippen LogP contribution is 2.13. The molecule has 1 heteroatoms. The van der Waals surface area contributed by atoms with Crippen molar-refractivity contribution in [2.24, 2.45) is 0 Å². The zero-order chi connectivity index (χ0) is 8.27. The molecule has 0 saturated heterocycles. The summed E-state index contributed by atoms with van der Waals surface area (Å²) in [5.74, 6) is 0. The summed E-state index contributed by atoms with van der Waals surface area (Å²) in [6.45, 7) is 5.78. The number of anilines is 1. The van der Waals surface area contributed by atoms with Crippen LogP contribution in [0, 0.1) is 6.92 Å². The van der Waals surface area contributed by atoms with Crippen LogP contribution in [0.15, 0.2) is 37.0 Å². The number of hydrogen-bond donors (Lipinski definition) is 0. The lowest BCUT2D eigenvalue weighted by Crippen LogP contribution is -2.06. The minimum atomic E-state index is 1.18. The molecule has 0 atom stereocenters. The third-order valence-electron chi connectivity index (χ3n) is 1.68. The second-order valence-corrected chi connectivity index (χ2v) is 2.63. The zero-order valence-corrected chi connectivity index (χ0v) is 7.04. The summed E-state index contributed by atoms with van der Waals surface area (Å²) in [7, 11) is 1.99. The molecule has 1 aromatic carbocycles. The van der Waals surface area contributed by atoms with Crippen LogP contribution in [0.4, 0.5) is 5.69 Å². The Bertz CT molecular complexity index is 253. The van der Waals surface area contributed by atoms with Crippen molar-refractivity contribution in [3.63, 3.8) is 0 Å². The van der Waals surface area contributed by atoms with Crippen LogP contribution in [0.1, 0.15) is 5.56 Å². The maximum absolute atomic E-state index is 3.69. The molecular formula is C10H13N. The van der Waals surface area contributed by atoms with E-state index in [0.717, 1.165) is 0 Å². The van der Waals surface area contributed by atoms with E-state index in [1.165, 1.54) is 11.3 Å². The average Bonchev–Trinajstić information content (AvgIpc) is 2.03. The Balaban J connectivity index is 2.95. The van der Waals surface area contributed by atoms with Gasteiger partial charge in [0.2, 0.25) is 0 Å². The summed E-state index contributed by atoms with van der Waals surface area (Å²) in [5.41, 5.74) is 2.45. The van der Waals surface area contributed by atoms with E-state index in [9.17, 15) is 0 Å². The van der Waals surface area contributed by atoms with Gasteiger partial charge in [0, 0.05) is 12.7 Å². The first-order valence-electron chi connectivity index (χ1n) is 3.66. The molecule has 0 fully saturated rings. The van der Waals surface area contributed by atoms with Crippen LogP contribution in [-0.4, -0.2) is 7.05 Å². The molecule has 0 aliphatic rings. The molecule has 0 radical (unpaired) electrons. The fourth-order valence-corrected chi connectivity index (χ4v) is 0.953. The Kier molecular flexibility index (Phi) is 2.32. The first-order chi connectivity index (χ1) is 5.24. The molecule has 0 aliphatic heterocycles. The molecule has 58 valence electrons. The summed E-state index contributed by atoms with van der Waals surface area (Å²) in [5, 5.41) is 0. The largest absolute Gasteiger partial charge is 0.352 e. The maximum Gasteiger partial charge on any atom is 0.0405 e. The van der Waals surface area contributed by atoms with Gasteiger partial charge in [-0.05, 0) is 30.8 Å². The van der Waals surface area contributed by atoms with E-state index in [1.807, 2.05) is 18.0 Å². The van der Waals surface area contributed by atoms with Gasteiger partial charge in [-0.3, -0.25) is 0 Å². The highest BCUT2D eigenvalue weighted by Gasteiger charge is 1.93. The summed E-state index contributed by atoms with van der Waals surface area (Å²) in [6, 6.07) is 8.32. The monoisotopic (exact) mass is 147 g/mol. The van der Waals surface area contributed by atoms with Gasteiger partial charge in [-0.15, -0.1) is 0 Å². The molecule has 1 aromatic rings. The molecule has 11 heavy (non-hydrogen) atoms. The molecule has 0 aliphatic carbocycles. The van der Waals surface area contributed by atoms with Crippen LogP contribution in [0.5, 0.6) is 0 Å². The van der Waals surface area contributed by atoms with Crippen molar-refractivity contribution in [3.8, 4) is 0 Å². The minimum Gasteiger partial charge on any atom is -0.352 e. The molecule has 0 N–H and O–H groups in total. The molecule has 1 nitrogen and oxygen atoms in total. The van der Waals surface area contributed by atoms with Crippen LogP contribution < -0.4 is 4.90 Å². The van der Waals surface area contributed by atoms with E-state index in [4.69, 9.17) is 0 Å². The zero-order valence-electron chi connectivity index (χ0n) is 7.04. The highest BCUT2D eigenvalue weighted by atomic mass is 15.1. The Morgan fingerprint density at radius 1 is 1.45 bits per heavy atom. The van der Waals surface area contributed by atoms with Crippen molar-refractivity contribution in [1.82, 2.24) is 0 Å². The topological polar surface area (TPSA) is 3.24 Å².